The van der Waals surface area contributed by atoms with Gasteiger partial charge in [-0.25, -0.2) is 4.98 Å². The van der Waals surface area contributed by atoms with Crippen molar-refractivity contribution in [2.75, 3.05) is 0 Å². The first-order chi connectivity index (χ1) is 16.5. The predicted octanol–water partition coefficient (Wildman–Crippen LogP) is 8.56. The van der Waals surface area contributed by atoms with Gasteiger partial charge < -0.3 is 0 Å². The van der Waals surface area contributed by atoms with Gasteiger partial charge in [-0.05, 0) is 51.2 Å². The molecule has 0 N–H and O–H groups in total. The van der Waals surface area contributed by atoms with Gasteiger partial charge in [0.25, 0.3) is 0 Å². The molecular weight excluding hydrogens is 436 g/mol. The summed E-state index contributed by atoms with van der Waals surface area (Å²) in [5.41, 5.74) is 8.84. The molecule has 0 saturated carbocycles. The first kappa shape index (κ1) is 19.7. The van der Waals surface area contributed by atoms with Gasteiger partial charge >= 0.3 is 0 Å². The predicted molar refractivity (Wildman–Crippen MR) is 143 cm³/mol. The van der Waals surface area contributed by atoms with Crippen LogP contribution < -0.4 is 0 Å². The Bertz CT molecular complexity index is 1760. The molecule has 1 aliphatic rings. The minimum Gasteiger partial charge on any atom is -0.252 e. The van der Waals surface area contributed by atoms with Crippen LogP contribution in [0.4, 0.5) is 0 Å². The van der Waals surface area contributed by atoms with Gasteiger partial charge in [0.15, 0.2) is 0 Å². The Kier molecular flexibility index (Phi) is 3.99. The highest BCUT2D eigenvalue weighted by Gasteiger charge is 2.35. The van der Waals surface area contributed by atoms with Crippen molar-refractivity contribution in [1.29, 1.82) is 0 Å². The summed E-state index contributed by atoms with van der Waals surface area (Å²) in [6.07, 6.45) is 1.91. The maximum atomic E-state index is 6.35. The summed E-state index contributed by atoms with van der Waals surface area (Å²) in [6, 6.07) is 29.8. The van der Waals surface area contributed by atoms with Crippen molar-refractivity contribution >= 4 is 44.2 Å². The third-order valence-corrected chi connectivity index (χ3v) is 7.60. The highest BCUT2D eigenvalue weighted by atomic mass is 35.5. The Morgan fingerprint density at radius 1 is 0.647 bits per heavy atom. The van der Waals surface area contributed by atoms with E-state index < -0.39 is 0 Å². The van der Waals surface area contributed by atoms with Crippen molar-refractivity contribution in [3.05, 3.63) is 107 Å². The van der Waals surface area contributed by atoms with Gasteiger partial charge in [0, 0.05) is 26.8 Å². The van der Waals surface area contributed by atoms with Gasteiger partial charge in [-0.3, -0.25) is 4.98 Å². The molecule has 3 heteroatoms. The summed E-state index contributed by atoms with van der Waals surface area (Å²) in [5.74, 6) is 0. The Labute approximate surface area is 202 Å². The minimum atomic E-state index is -0.126. The number of aromatic nitrogens is 2. The van der Waals surface area contributed by atoms with E-state index in [2.05, 4.69) is 92.7 Å². The van der Waals surface area contributed by atoms with Crippen LogP contribution in [-0.4, -0.2) is 9.97 Å². The molecular formula is C31H21ClN2. The van der Waals surface area contributed by atoms with E-state index in [0.717, 1.165) is 38.1 Å². The molecule has 0 fully saturated rings. The van der Waals surface area contributed by atoms with Crippen molar-refractivity contribution < 1.29 is 0 Å². The number of halogens is 1. The van der Waals surface area contributed by atoms with Crippen molar-refractivity contribution in [1.82, 2.24) is 9.97 Å². The van der Waals surface area contributed by atoms with Gasteiger partial charge in [-0.2, -0.15) is 0 Å². The molecule has 0 spiro atoms. The zero-order chi connectivity index (χ0) is 23.0. The highest BCUT2D eigenvalue weighted by molar-refractivity contribution is 6.30. The van der Waals surface area contributed by atoms with Gasteiger partial charge in [0.2, 0.25) is 0 Å². The fourth-order valence-corrected chi connectivity index (χ4v) is 5.80. The maximum Gasteiger partial charge on any atom is 0.0979 e. The van der Waals surface area contributed by atoms with E-state index in [4.69, 9.17) is 21.6 Å². The molecule has 0 aliphatic heterocycles. The summed E-state index contributed by atoms with van der Waals surface area (Å²) in [7, 11) is 0. The molecule has 0 radical (unpaired) electrons. The molecule has 7 rings (SSSR count). The van der Waals surface area contributed by atoms with E-state index in [-0.39, 0.29) is 5.41 Å². The second-order valence-corrected chi connectivity index (χ2v) is 10.1. The van der Waals surface area contributed by atoms with Crippen LogP contribution >= 0.6 is 11.6 Å². The SMILES string of the molecule is CC1(C)c2cc(Cl)ccc2-c2ccc(-c3cnc4c5ccccc5c5ccccc5c4n3)cc21. The van der Waals surface area contributed by atoms with Crippen molar-refractivity contribution in [2.45, 2.75) is 19.3 Å². The number of hydrogen-bond acceptors (Lipinski definition) is 2. The third-order valence-electron chi connectivity index (χ3n) is 7.36. The molecule has 2 nitrogen and oxygen atoms in total. The number of hydrogen-bond donors (Lipinski definition) is 0. The van der Waals surface area contributed by atoms with Crippen LogP contribution in [0.5, 0.6) is 0 Å². The standard InChI is InChI=1S/C31H21ClN2/c1-31(2)26-15-18(11-13-22(26)23-14-12-19(32)16-27(23)31)28-17-33-29-24-9-5-3-7-20(24)21-8-4-6-10-25(21)30(29)34-28/h3-17H,1-2H3. The molecule has 162 valence electrons. The van der Waals surface area contributed by atoms with E-state index in [1.807, 2.05) is 12.3 Å². The molecule has 0 amide bonds. The monoisotopic (exact) mass is 456 g/mol. The second kappa shape index (κ2) is 6.88. The summed E-state index contributed by atoms with van der Waals surface area (Å²) in [5, 5.41) is 5.47. The normalized spacial score (nSPS) is 14.0. The topological polar surface area (TPSA) is 25.8 Å². The smallest absolute Gasteiger partial charge is 0.0979 e. The molecule has 0 unspecified atom stereocenters. The number of benzene rings is 5. The summed E-state index contributed by atoms with van der Waals surface area (Å²) in [4.78, 5) is 10.1. The minimum absolute atomic E-state index is 0.126. The van der Waals surface area contributed by atoms with E-state index in [1.54, 1.807) is 0 Å². The number of nitrogens with zero attached hydrogens (tertiary/aromatic N) is 2. The Morgan fingerprint density at radius 3 is 1.94 bits per heavy atom. The van der Waals surface area contributed by atoms with Crippen LogP contribution in [0.15, 0.2) is 91.1 Å². The lowest BCUT2D eigenvalue weighted by Crippen LogP contribution is -2.15. The van der Waals surface area contributed by atoms with Crippen molar-refractivity contribution in [3.8, 4) is 22.4 Å². The quantitative estimate of drug-likeness (QED) is 0.231. The van der Waals surface area contributed by atoms with E-state index >= 15 is 0 Å². The molecule has 1 aliphatic carbocycles. The fraction of sp³-hybridized carbons (Fsp3) is 0.0968. The van der Waals surface area contributed by atoms with Gasteiger partial charge in [0.1, 0.15) is 0 Å². The number of fused-ring (bicyclic) bond motifs is 9. The van der Waals surface area contributed by atoms with Crippen LogP contribution in [-0.2, 0) is 5.41 Å². The summed E-state index contributed by atoms with van der Waals surface area (Å²) >= 11 is 6.35. The van der Waals surface area contributed by atoms with Crippen LogP contribution in [0.1, 0.15) is 25.0 Å². The van der Waals surface area contributed by atoms with Crippen molar-refractivity contribution in [3.63, 3.8) is 0 Å². The van der Waals surface area contributed by atoms with Crippen LogP contribution in [0.2, 0.25) is 5.02 Å². The Hall–Kier alpha value is -3.75. The zero-order valence-electron chi connectivity index (χ0n) is 18.9. The number of rotatable bonds is 1. The van der Waals surface area contributed by atoms with Crippen LogP contribution in [0.3, 0.4) is 0 Å². The average Bonchev–Trinajstić information content (AvgIpc) is 3.09. The fourth-order valence-electron chi connectivity index (χ4n) is 5.63. The molecule has 1 heterocycles. The Morgan fingerprint density at radius 2 is 1.24 bits per heavy atom. The van der Waals surface area contributed by atoms with Crippen LogP contribution in [0.25, 0.3) is 55.0 Å². The first-order valence-electron chi connectivity index (χ1n) is 11.5. The van der Waals surface area contributed by atoms with Gasteiger partial charge in [-0.15, -0.1) is 0 Å². The van der Waals surface area contributed by atoms with E-state index in [1.165, 1.54) is 33.0 Å². The highest BCUT2D eigenvalue weighted by Crippen LogP contribution is 2.50. The second-order valence-electron chi connectivity index (χ2n) is 9.62. The maximum absolute atomic E-state index is 6.35. The van der Waals surface area contributed by atoms with Gasteiger partial charge in [0.05, 0.1) is 22.9 Å². The molecule has 0 atom stereocenters. The lowest BCUT2D eigenvalue weighted by Gasteiger charge is -2.22. The summed E-state index contributed by atoms with van der Waals surface area (Å²) < 4.78 is 0. The first-order valence-corrected chi connectivity index (χ1v) is 11.9. The molecule has 1 aromatic heterocycles. The summed E-state index contributed by atoms with van der Waals surface area (Å²) in [6.45, 7) is 4.53. The lowest BCUT2D eigenvalue weighted by atomic mass is 9.82. The van der Waals surface area contributed by atoms with Crippen LogP contribution in [0, 0.1) is 0 Å². The zero-order valence-corrected chi connectivity index (χ0v) is 19.7. The van der Waals surface area contributed by atoms with E-state index in [0.29, 0.717) is 0 Å². The molecule has 0 bridgehead atoms. The molecule has 6 aromatic rings. The Balaban J connectivity index is 1.47. The largest absolute Gasteiger partial charge is 0.252 e. The van der Waals surface area contributed by atoms with E-state index in [9.17, 15) is 0 Å². The molecule has 5 aromatic carbocycles. The average molecular weight is 457 g/mol. The van der Waals surface area contributed by atoms with Gasteiger partial charge in [-0.1, -0.05) is 92.2 Å². The third kappa shape index (κ3) is 2.63. The molecule has 0 saturated heterocycles. The lowest BCUT2D eigenvalue weighted by molar-refractivity contribution is 0.660. The van der Waals surface area contributed by atoms with Crippen molar-refractivity contribution in [2.24, 2.45) is 0 Å². The molecule has 34 heavy (non-hydrogen) atoms.